The Hall–Kier alpha value is -0.0200. The molecule has 1 aliphatic rings. The number of hydrogen-bond acceptors (Lipinski definition) is 1. The SMILES string of the molecule is COc1ccc(CC2CCCC2Br)cc1Br. The maximum atomic E-state index is 5.23. The smallest absolute Gasteiger partial charge is 0.133 e. The van der Waals surface area contributed by atoms with Crippen molar-refractivity contribution >= 4 is 31.9 Å². The van der Waals surface area contributed by atoms with Gasteiger partial charge in [0.05, 0.1) is 11.6 Å². The Morgan fingerprint density at radius 1 is 1.38 bits per heavy atom. The van der Waals surface area contributed by atoms with Gasteiger partial charge >= 0.3 is 0 Å². The Morgan fingerprint density at radius 3 is 2.75 bits per heavy atom. The van der Waals surface area contributed by atoms with E-state index in [0.717, 1.165) is 16.1 Å². The molecule has 0 aliphatic heterocycles. The van der Waals surface area contributed by atoms with Crippen molar-refractivity contribution in [2.24, 2.45) is 5.92 Å². The van der Waals surface area contributed by atoms with Gasteiger partial charge in [-0.1, -0.05) is 28.4 Å². The Balaban J connectivity index is 2.07. The Bertz CT molecular complexity index is 365. The normalized spacial score (nSPS) is 24.7. The number of benzene rings is 1. The Morgan fingerprint density at radius 2 is 2.19 bits per heavy atom. The third-order valence-electron chi connectivity index (χ3n) is 3.28. The first-order chi connectivity index (χ1) is 7.70. The molecular weight excluding hydrogens is 332 g/mol. The van der Waals surface area contributed by atoms with Gasteiger partial charge in [-0.2, -0.15) is 0 Å². The summed E-state index contributed by atoms with van der Waals surface area (Å²) in [7, 11) is 1.70. The van der Waals surface area contributed by atoms with Crippen molar-refractivity contribution in [2.75, 3.05) is 7.11 Å². The van der Waals surface area contributed by atoms with Crippen molar-refractivity contribution < 1.29 is 4.74 Å². The molecule has 0 N–H and O–H groups in total. The second-order valence-corrected chi connectivity index (χ2v) is 6.41. The highest BCUT2D eigenvalue weighted by Crippen LogP contribution is 2.35. The van der Waals surface area contributed by atoms with Crippen LogP contribution in [-0.4, -0.2) is 11.9 Å². The highest BCUT2D eigenvalue weighted by molar-refractivity contribution is 9.10. The van der Waals surface area contributed by atoms with Crippen LogP contribution in [0.4, 0.5) is 0 Å². The van der Waals surface area contributed by atoms with Crippen LogP contribution in [0.2, 0.25) is 0 Å². The summed E-state index contributed by atoms with van der Waals surface area (Å²) in [5.74, 6) is 1.70. The highest BCUT2D eigenvalue weighted by atomic mass is 79.9. The van der Waals surface area contributed by atoms with E-state index >= 15 is 0 Å². The van der Waals surface area contributed by atoms with Crippen LogP contribution in [0.1, 0.15) is 24.8 Å². The number of ether oxygens (including phenoxy) is 1. The topological polar surface area (TPSA) is 9.23 Å². The van der Waals surface area contributed by atoms with Gasteiger partial charge in [-0.15, -0.1) is 0 Å². The molecule has 1 saturated carbocycles. The van der Waals surface area contributed by atoms with E-state index in [9.17, 15) is 0 Å². The zero-order chi connectivity index (χ0) is 11.5. The molecule has 0 saturated heterocycles. The predicted molar refractivity (Wildman–Crippen MR) is 74.5 cm³/mol. The summed E-state index contributed by atoms with van der Waals surface area (Å²) in [4.78, 5) is 0.702. The van der Waals surface area contributed by atoms with Crippen molar-refractivity contribution in [3.63, 3.8) is 0 Å². The molecule has 0 amide bonds. The molecule has 88 valence electrons. The fourth-order valence-electron chi connectivity index (χ4n) is 2.36. The quantitative estimate of drug-likeness (QED) is 0.728. The Kier molecular flexibility index (Phi) is 4.31. The molecule has 0 heterocycles. The molecule has 0 spiro atoms. The lowest BCUT2D eigenvalue weighted by Crippen LogP contribution is -2.09. The molecule has 1 fully saturated rings. The fraction of sp³-hybridized carbons (Fsp3) is 0.538. The number of rotatable bonds is 3. The predicted octanol–water partition coefficient (Wildman–Crippen LogP) is 4.56. The van der Waals surface area contributed by atoms with Gasteiger partial charge < -0.3 is 4.74 Å². The van der Waals surface area contributed by atoms with Gasteiger partial charge in [0.2, 0.25) is 0 Å². The van der Waals surface area contributed by atoms with Crippen LogP contribution in [0.25, 0.3) is 0 Å². The maximum Gasteiger partial charge on any atom is 0.133 e. The average Bonchev–Trinajstić information content (AvgIpc) is 2.65. The third-order valence-corrected chi connectivity index (χ3v) is 5.11. The molecule has 1 nitrogen and oxygen atoms in total. The van der Waals surface area contributed by atoms with Crippen molar-refractivity contribution in [2.45, 2.75) is 30.5 Å². The molecular formula is C13H16Br2O. The minimum Gasteiger partial charge on any atom is -0.496 e. The van der Waals surface area contributed by atoms with E-state index < -0.39 is 0 Å². The van der Waals surface area contributed by atoms with Crippen molar-refractivity contribution in [1.82, 2.24) is 0 Å². The second-order valence-electron chi connectivity index (χ2n) is 4.38. The van der Waals surface area contributed by atoms with Crippen molar-refractivity contribution in [1.29, 1.82) is 0 Å². The van der Waals surface area contributed by atoms with Crippen LogP contribution >= 0.6 is 31.9 Å². The minimum atomic E-state index is 0.702. The largest absolute Gasteiger partial charge is 0.496 e. The van der Waals surface area contributed by atoms with Gasteiger partial charge in [-0.3, -0.25) is 0 Å². The number of alkyl halides is 1. The van der Waals surface area contributed by atoms with E-state index in [4.69, 9.17) is 4.74 Å². The summed E-state index contributed by atoms with van der Waals surface area (Å²) >= 11 is 7.31. The first-order valence-corrected chi connectivity index (χ1v) is 7.38. The number of hydrogen-bond donors (Lipinski definition) is 0. The molecule has 0 aromatic heterocycles. The summed E-state index contributed by atoms with van der Waals surface area (Å²) in [5, 5.41) is 0. The molecule has 2 unspecified atom stereocenters. The highest BCUT2D eigenvalue weighted by Gasteiger charge is 2.24. The average molecular weight is 348 g/mol. The lowest BCUT2D eigenvalue weighted by atomic mass is 9.98. The van der Waals surface area contributed by atoms with E-state index in [1.807, 2.05) is 6.07 Å². The Labute approximate surface area is 114 Å². The van der Waals surface area contributed by atoms with Crippen molar-refractivity contribution in [3.8, 4) is 5.75 Å². The summed E-state index contributed by atoms with van der Waals surface area (Å²) in [6.45, 7) is 0. The van der Waals surface area contributed by atoms with Crippen LogP contribution in [-0.2, 0) is 6.42 Å². The monoisotopic (exact) mass is 346 g/mol. The first-order valence-electron chi connectivity index (χ1n) is 5.67. The zero-order valence-electron chi connectivity index (χ0n) is 9.38. The molecule has 2 atom stereocenters. The van der Waals surface area contributed by atoms with E-state index in [1.165, 1.54) is 31.2 Å². The van der Waals surface area contributed by atoms with Crippen LogP contribution in [0.5, 0.6) is 5.75 Å². The minimum absolute atomic E-state index is 0.702. The fourth-order valence-corrected chi connectivity index (χ4v) is 3.72. The van der Waals surface area contributed by atoms with Gasteiger partial charge in [-0.25, -0.2) is 0 Å². The lowest BCUT2D eigenvalue weighted by Gasteiger charge is -2.14. The van der Waals surface area contributed by atoms with Gasteiger partial charge in [0.15, 0.2) is 0 Å². The molecule has 2 rings (SSSR count). The van der Waals surface area contributed by atoms with E-state index in [-0.39, 0.29) is 0 Å². The number of methoxy groups -OCH3 is 1. The number of halogens is 2. The molecule has 1 aromatic carbocycles. The zero-order valence-corrected chi connectivity index (χ0v) is 12.6. The van der Waals surface area contributed by atoms with E-state index in [2.05, 4.69) is 44.0 Å². The summed E-state index contributed by atoms with van der Waals surface area (Å²) in [6.07, 6.45) is 5.19. The van der Waals surface area contributed by atoms with Gasteiger partial charge in [0, 0.05) is 4.83 Å². The molecule has 0 radical (unpaired) electrons. The van der Waals surface area contributed by atoms with Crippen LogP contribution in [0.15, 0.2) is 22.7 Å². The van der Waals surface area contributed by atoms with Crippen molar-refractivity contribution in [3.05, 3.63) is 28.2 Å². The molecule has 0 bridgehead atoms. The summed E-state index contributed by atoms with van der Waals surface area (Å²) in [6, 6.07) is 6.39. The van der Waals surface area contributed by atoms with Crippen LogP contribution < -0.4 is 4.74 Å². The molecule has 3 heteroatoms. The third kappa shape index (κ3) is 2.80. The summed E-state index contributed by atoms with van der Waals surface area (Å²) in [5.41, 5.74) is 1.39. The molecule has 1 aliphatic carbocycles. The van der Waals surface area contributed by atoms with Crippen LogP contribution in [0.3, 0.4) is 0 Å². The lowest BCUT2D eigenvalue weighted by molar-refractivity contribution is 0.412. The van der Waals surface area contributed by atoms with Crippen LogP contribution in [0, 0.1) is 5.92 Å². The molecule has 1 aromatic rings. The van der Waals surface area contributed by atoms with Gasteiger partial charge in [-0.05, 0) is 58.8 Å². The second kappa shape index (κ2) is 5.54. The summed E-state index contributed by atoms with van der Waals surface area (Å²) < 4.78 is 6.29. The standard InChI is InChI=1S/C13H16Br2O/c1-16-13-6-5-9(8-12(13)15)7-10-3-2-4-11(10)14/h5-6,8,10-11H,2-4,7H2,1H3. The molecule has 16 heavy (non-hydrogen) atoms. The maximum absolute atomic E-state index is 5.23. The van der Waals surface area contributed by atoms with Gasteiger partial charge in [0.25, 0.3) is 0 Å². The van der Waals surface area contributed by atoms with E-state index in [0.29, 0.717) is 4.83 Å². The first kappa shape index (κ1) is 12.4. The van der Waals surface area contributed by atoms with E-state index in [1.54, 1.807) is 7.11 Å². The van der Waals surface area contributed by atoms with Gasteiger partial charge in [0.1, 0.15) is 5.75 Å².